The molecule has 0 saturated carbocycles. The Morgan fingerprint density at radius 1 is 1.14 bits per heavy atom. The van der Waals surface area contributed by atoms with Gasteiger partial charge in [0.1, 0.15) is 6.54 Å². The average molecular weight is 304 g/mol. The highest BCUT2D eigenvalue weighted by atomic mass is 35.5. The fourth-order valence-corrected chi connectivity index (χ4v) is 2.52. The minimum Gasteiger partial charge on any atom is -0.480 e. The summed E-state index contributed by atoms with van der Waals surface area (Å²) in [6, 6.07) is 15.4. The summed E-state index contributed by atoms with van der Waals surface area (Å²) in [5, 5.41) is 9.75. The molecule has 0 saturated heterocycles. The molecule has 0 aliphatic rings. The third kappa shape index (κ3) is 4.23. The van der Waals surface area contributed by atoms with E-state index in [1.165, 1.54) is 5.56 Å². The van der Waals surface area contributed by atoms with Gasteiger partial charge in [0.25, 0.3) is 0 Å². The number of carboxylic acid groups (broad SMARTS) is 1. The Hall–Kier alpha value is -2.00. The Kier molecular flexibility index (Phi) is 5.23. The molecule has 110 valence electrons. The second-order valence-corrected chi connectivity index (χ2v) is 5.29. The van der Waals surface area contributed by atoms with Crippen LogP contribution in [0.2, 0.25) is 5.02 Å². The van der Waals surface area contributed by atoms with Crippen molar-refractivity contribution in [2.75, 3.05) is 11.4 Å². The van der Waals surface area contributed by atoms with E-state index in [2.05, 4.69) is 13.0 Å². The summed E-state index contributed by atoms with van der Waals surface area (Å²) in [6.45, 7) is 2.59. The monoisotopic (exact) mass is 303 g/mol. The number of anilines is 1. The van der Waals surface area contributed by atoms with Crippen LogP contribution >= 0.6 is 11.6 Å². The molecule has 21 heavy (non-hydrogen) atoms. The van der Waals surface area contributed by atoms with Gasteiger partial charge in [-0.2, -0.15) is 0 Å². The number of carbonyl (C=O) groups is 1. The molecule has 0 unspecified atom stereocenters. The molecule has 2 aromatic carbocycles. The van der Waals surface area contributed by atoms with Gasteiger partial charge in [-0.1, -0.05) is 48.9 Å². The summed E-state index contributed by atoms with van der Waals surface area (Å²) < 4.78 is 0. The molecule has 0 bridgehead atoms. The molecule has 2 aromatic rings. The molecule has 0 aromatic heterocycles. The largest absolute Gasteiger partial charge is 0.480 e. The predicted octanol–water partition coefficient (Wildman–Crippen LogP) is 3.99. The van der Waals surface area contributed by atoms with E-state index in [4.69, 9.17) is 16.7 Å². The third-order valence-electron chi connectivity index (χ3n) is 3.36. The molecule has 1 N–H and O–H groups in total. The number of halogens is 1. The molecule has 0 atom stereocenters. The number of hydrogen-bond acceptors (Lipinski definition) is 2. The van der Waals surface area contributed by atoms with Gasteiger partial charge in [0, 0.05) is 17.3 Å². The van der Waals surface area contributed by atoms with Crippen LogP contribution in [0.4, 0.5) is 5.69 Å². The van der Waals surface area contributed by atoms with Gasteiger partial charge in [-0.05, 0) is 35.7 Å². The molecule has 2 rings (SSSR count). The van der Waals surface area contributed by atoms with E-state index in [1.807, 2.05) is 35.2 Å². The average Bonchev–Trinajstić information content (AvgIpc) is 2.46. The second kappa shape index (κ2) is 7.14. The lowest BCUT2D eigenvalue weighted by atomic mass is 10.0. The van der Waals surface area contributed by atoms with Gasteiger partial charge in [-0.25, -0.2) is 0 Å². The molecule has 4 heteroatoms. The fourth-order valence-electron chi connectivity index (χ4n) is 2.34. The predicted molar refractivity (Wildman–Crippen MR) is 86.0 cm³/mol. The van der Waals surface area contributed by atoms with Crippen molar-refractivity contribution in [3.8, 4) is 0 Å². The van der Waals surface area contributed by atoms with E-state index < -0.39 is 5.97 Å². The van der Waals surface area contributed by atoms with Gasteiger partial charge in [0.2, 0.25) is 0 Å². The van der Waals surface area contributed by atoms with Crippen LogP contribution in [0.5, 0.6) is 0 Å². The second-order valence-electron chi connectivity index (χ2n) is 4.85. The van der Waals surface area contributed by atoms with E-state index in [0.29, 0.717) is 11.6 Å². The molecular formula is C17H18ClNO2. The first-order valence-corrected chi connectivity index (χ1v) is 7.27. The summed E-state index contributed by atoms with van der Waals surface area (Å²) >= 11 is 6.01. The van der Waals surface area contributed by atoms with Crippen LogP contribution in [-0.4, -0.2) is 17.6 Å². The van der Waals surface area contributed by atoms with Crippen molar-refractivity contribution in [2.45, 2.75) is 19.9 Å². The van der Waals surface area contributed by atoms with Crippen LogP contribution in [0.1, 0.15) is 18.1 Å². The lowest BCUT2D eigenvalue weighted by Gasteiger charge is -2.24. The van der Waals surface area contributed by atoms with E-state index >= 15 is 0 Å². The Bertz CT molecular complexity index is 628. The van der Waals surface area contributed by atoms with Gasteiger partial charge in [-0.15, -0.1) is 0 Å². The summed E-state index contributed by atoms with van der Waals surface area (Å²) in [6.07, 6.45) is 0.923. The number of aliphatic carboxylic acids is 1. The normalized spacial score (nSPS) is 10.4. The number of hydrogen-bond donors (Lipinski definition) is 1. The standard InChI is InChI=1S/C17H18ClNO2/c1-2-13-6-3-4-7-14(13)11-19(12-17(20)21)16-9-5-8-15(18)10-16/h3-10H,2,11-12H2,1H3,(H,20,21). The Morgan fingerprint density at radius 3 is 2.48 bits per heavy atom. The van der Waals surface area contributed by atoms with Gasteiger partial charge in [-0.3, -0.25) is 4.79 Å². The fraction of sp³-hybridized carbons (Fsp3) is 0.235. The Morgan fingerprint density at radius 2 is 1.86 bits per heavy atom. The molecule has 0 amide bonds. The van der Waals surface area contributed by atoms with Crippen molar-refractivity contribution >= 4 is 23.3 Å². The van der Waals surface area contributed by atoms with Crippen LogP contribution in [0.15, 0.2) is 48.5 Å². The van der Waals surface area contributed by atoms with Crippen molar-refractivity contribution in [3.05, 3.63) is 64.7 Å². The van der Waals surface area contributed by atoms with E-state index in [-0.39, 0.29) is 6.54 Å². The molecule has 0 spiro atoms. The molecule has 0 heterocycles. The minimum absolute atomic E-state index is 0.0572. The number of rotatable bonds is 6. The highest BCUT2D eigenvalue weighted by Crippen LogP contribution is 2.22. The van der Waals surface area contributed by atoms with Crippen LogP contribution in [0.3, 0.4) is 0 Å². The van der Waals surface area contributed by atoms with Gasteiger partial charge >= 0.3 is 5.97 Å². The lowest BCUT2D eigenvalue weighted by Crippen LogP contribution is -2.29. The summed E-state index contributed by atoms with van der Waals surface area (Å²) in [4.78, 5) is 13.0. The zero-order valence-electron chi connectivity index (χ0n) is 11.9. The molecule has 0 fully saturated rings. The zero-order chi connectivity index (χ0) is 15.2. The maximum Gasteiger partial charge on any atom is 0.323 e. The van der Waals surface area contributed by atoms with Crippen LogP contribution < -0.4 is 4.90 Å². The number of nitrogens with zero attached hydrogens (tertiary/aromatic N) is 1. The van der Waals surface area contributed by atoms with Gasteiger partial charge in [0.15, 0.2) is 0 Å². The highest BCUT2D eigenvalue weighted by molar-refractivity contribution is 6.30. The van der Waals surface area contributed by atoms with Crippen molar-refractivity contribution in [1.29, 1.82) is 0 Å². The van der Waals surface area contributed by atoms with E-state index in [0.717, 1.165) is 17.7 Å². The SMILES string of the molecule is CCc1ccccc1CN(CC(=O)O)c1cccc(Cl)c1. The van der Waals surface area contributed by atoms with Gasteiger partial charge < -0.3 is 10.0 Å². The summed E-state index contributed by atoms with van der Waals surface area (Å²) in [7, 11) is 0. The zero-order valence-corrected chi connectivity index (χ0v) is 12.7. The van der Waals surface area contributed by atoms with E-state index in [1.54, 1.807) is 12.1 Å². The van der Waals surface area contributed by atoms with Crippen LogP contribution in [0, 0.1) is 0 Å². The van der Waals surface area contributed by atoms with Crippen LogP contribution in [-0.2, 0) is 17.8 Å². The van der Waals surface area contributed by atoms with Gasteiger partial charge in [0.05, 0.1) is 0 Å². The molecular weight excluding hydrogens is 286 g/mol. The molecule has 0 aliphatic heterocycles. The number of aryl methyl sites for hydroxylation is 1. The number of carboxylic acids is 1. The summed E-state index contributed by atoms with van der Waals surface area (Å²) in [5.41, 5.74) is 3.19. The van der Waals surface area contributed by atoms with E-state index in [9.17, 15) is 4.79 Å². The van der Waals surface area contributed by atoms with Crippen molar-refractivity contribution in [1.82, 2.24) is 0 Å². The van der Waals surface area contributed by atoms with Crippen molar-refractivity contribution in [3.63, 3.8) is 0 Å². The minimum atomic E-state index is -0.857. The maximum absolute atomic E-state index is 11.1. The molecule has 0 radical (unpaired) electrons. The number of benzene rings is 2. The first-order valence-electron chi connectivity index (χ1n) is 6.89. The molecule has 3 nitrogen and oxygen atoms in total. The third-order valence-corrected chi connectivity index (χ3v) is 3.60. The first kappa shape index (κ1) is 15.4. The topological polar surface area (TPSA) is 40.5 Å². The molecule has 0 aliphatic carbocycles. The maximum atomic E-state index is 11.1. The van der Waals surface area contributed by atoms with Crippen LogP contribution in [0.25, 0.3) is 0 Å². The van der Waals surface area contributed by atoms with Crippen molar-refractivity contribution in [2.24, 2.45) is 0 Å². The summed E-state index contributed by atoms with van der Waals surface area (Å²) in [5.74, 6) is -0.857. The highest BCUT2D eigenvalue weighted by Gasteiger charge is 2.13. The smallest absolute Gasteiger partial charge is 0.323 e. The lowest BCUT2D eigenvalue weighted by molar-refractivity contribution is -0.135. The van der Waals surface area contributed by atoms with Crippen molar-refractivity contribution < 1.29 is 9.90 Å². The quantitative estimate of drug-likeness (QED) is 0.877. The first-order chi connectivity index (χ1) is 10.1. The Balaban J connectivity index is 2.30. The Labute approximate surface area is 129 Å².